The highest BCUT2D eigenvalue weighted by molar-refractivity contribution is 7.89. The average molecular weight is 379 g/mol. The molecular formula is C17H26N6O2S. The standard InChI is InChI=1S/C17H26N6O2S/c1-2-12-20-26(24,25)14-9-5-4-8-13(14)23-16(19)21-15(18)22-17(23)10-6-3-7-11-17/h4-5,8-9,20H,2-3,6-7,10-12H2,1H3,(H4,18,19,21,22). The summed E-state index contributed by atoms with van der Waals surface area (Å²) in [6, 6.07) is 6.82. The molecule has 0 radical (unpaired) electrons. The van der Waals surface area contributed by atoms with Gasteiger partial charge in [0.2, 0.25) is 21.9 Å². The van der Waals surface area contributed by atoms with Crippen LogP contribution in [0.25, 0.3) is 0 Å². The maximum absolute atomic E-state index is 12.8. The lowest BCUT2D eigenvalue weighted by molar-refractivity contribution is 0.305. The highest BCUT2D eigenvalue weighted by Crippen LogP contribution is 2.41. The largest absolute Gasteiger partial charge is 0.369 e. The van der Waals surface area contributed by atoms with Crippen molar-refractivity contribution in [1.29, 1.82) is 0 Å². The third kappa shape index (κ3) is 3.41. The van der Waals surface area contributed by atoms with E-state index in [9.17, 15) is 8.42 Å². The Hall–Kier alpha value is -2.13. The summed E-state index contributed by atoms with van der Waals surface area (Å²) in [4.78, 5) is 10.6. The van der Waals surface area contributed by atoms with Gasteiger partial charge in [-0.05, 0) is 44.2 Å². The molecule has 8 nitrogen and oxygen atoms in total. The van der Waals surface area contributed by atoms with Crippen LogP contribution in [0.15, 0.2) is 39.1 Å². The first-order valence-electron chi connectivity index (χ1n) is 8.98. The lowest BCUT2D eigenvalue weighted by Gasteiger charge is -2.46. The van der Waals surface area contributed by atoms with Gasteiger partial charge >= 0.3 is 0 Å². The van der Waals surface area contributed by atoms with Gasteiger partial charge in [-0.25, -0.2) is 18.1 Å². The lowest BCUT2D eigenvalue weighted by Crippen LogP contribution is -2.58. The summed E-state index contributed by atoms with van der Waals surface area (Å²) >= 11 is 0. The number of aliphatic imine (C=N–C) groups is 2. The van der Waals surface area contributed by atoms with Crippen molar-refractivity contribution < 1.29 is 8.42 Å². The number of guanidine groups is 2. The van der Waals surface area contributed by atoms with E-state index in [1.165, 1.54) is 0 Å². The van der Waals surface area contributed by atoms with Crippen LogP contribution in [0.3, 0.4) is 0 Å². The summed E-state index contributed by atoms with van der Waals surface area (Å²) in [5.74, 6) is 0.322. The molecule has 0 amide bonds. The highest BCUT2D eigenvalue weighted by Gasteiger charge is 2.44. The summed E-state index contributed by atoms with van der Waals surface area (Å²) in [6.07, 6.45) is 5.27. The van der Waals surface area contributed by atoms with Gasteiger partial charge in [0, 0.05) is 6.54 Å². The van der Waals surface area contributed by atoms with Gasteiger partial charge in [0.25, 0.3) is 0 Å². The van der Waals surface area contributed by atoms with Crippen LogP contribution < -0.4 is 21.1 Å². The first kappa shape index (κ1) is 18.7. The Labute approximate surface area is 154 Å². The van der Waals surface area contributed by atoms with Crippen molar-refractivity contribution in [1.82, 2.24) is 4.72 Å². The molecule has 0 aromatic heterocycles. The van der Waals surface area contributed by atoms with Crippen molar-refractivity contribution in [2.45, 2.75) is 56.0 Å². The molecule has 0 bridgehead atoms. The highest BCUT2D eigenvalue weighted by atomic mass is 32.2. The number of rotatable bonds is 5. The quantitative estimate of drug-likeness (QED) is 0.715. The van der Waals surface area contributed by atoms with E-state index < -0.39 is 15.7 Å². The Morgan fingerprint density at radius 1 is 1.19 bits per heavy atom. The molecule has 26 heavy (non-hydrogen) atoms. The van der Waals surface area contributed by atoms with Gasteiger partial charge in [-0.2, -0.15) is 4.99 Å². The van der Waals surface area contributed by atoms with Crippen LogP contribution in [0.5, 0.6) is 0 Å². The van der Waals surface area contributed by atoms with E-state index in [0.29, 0.717) is 18.7 Å². The summed E-state index contributed by atoms with van der Waals surface area (Å²) in [5.41, 5.74) is 11.9. The van der Waals surface area contributed by atoms with Gasteiger partial charge in [0.1, 0.15) is 10.6 Å². The molecule has 2 aliphatic rings. The smallest absolute Gasteiger partial charge is 0.242 e. The fraction of sp³-hybridized carbons (Fsp3) is 0.529. The van der Waals surface area contributed by atoms with Crippen molar-refractivity contribution in [2.24, 2.45) is 21.5 Å². The Morgan fingerprint density at radius 3 is 2.58 bits per heavy atom. The predicted octanol–water partition coefficient (Wildman–Crippen LogP) is 1.48. The van der Waals surface area contributed by atoms with E-state index in [4.69, 9.17) is 11.5 Å². The molecule has 1 aliphatic heterocycles. The minimum Gasteiger partial charge on any atom is -0.369 e. The monoisotopic (exact) mass is 378 g/mol. The Kier molecular flexibility index (Phi) is 5.19. The normalized spacial score (nSPS) is 20.0. The maximum atomic E-state index is 12.8. The Balaban J connectivity index is 2.11. The first-order chi connectivity index (χ1) is 12.4. The number of sulfonamides is 1. The van der Waals surface area contributed by atoms with E-state index in [0.717, 1.165) is 32.1 Å². The maximum Gasteiger partial charge on any atom is 0.242 e. The molecule has 142 valence electrons. The fourth-order valence-corrected chi connectivity index (χ4v) is 4.97. The van der Waals surface area contributed by atoms with Crippen LogP contribution in [-0.4, -0.2) is 32.5 Å². The van der Waals surface area contributed by atoms with Gasteiger partial charge in [-0.15, -0.1) is 0 Å². The van der Waals surface area contributed by atoms with Crippen LogP contribution in [-0.2, 0) is 10.0 Å². The number of nitrogens with two attached hydrogens (primary N) is 2. The van der Waals surface area contributed by atoms with Gasteiger partial charge in [0.05, 0.1) is 5.69 Å². The predicted molar refractivity (Wildman–Crippen MR) is 103 cm³/mol. The molecule has 3 rings (SSSR count). The number of nitrogens with zero attached hydrogens (tertiary/aromatic N) is 3. The summed E-state index contributed by atoms with van der Waals surface area (Å²) in [7, 11) is -3.68. The zero-order chi connectivity index (χ0) is 18.8. The first-order valence-corrected chi connectivity index (χ1v) is 10.5. The zero-order valence-corrected chi connectivity index (χ0v) is 15.8. The Morgan fingerprint density at radius 2 is 1.88 bits per heavy atom. The fourth-order valence-electron chi connectivity index (χ4n) is 3.65. The number of benzene rings is 1. The van der Waals surface area contributed by atoms with E-state index in [1.807, 2.05) is 6.92 Å². The van der Waals surface area contributed by atoms with E-state index in [1.54, 1.807) is 29.2 Å². The SMILES string of the molecule is CCCNS(=O)(=O)c1ccccc1N1C(N)=NC(N)=NC12CCCCC2. The van der Waals surface area contributed by atoms with Crippen LogP contribution in [0.1, 0.15) is 45.4 Å². The van der Waals surface area contributed by atoms with Crippen LogP contribution in [0.4, 0.5) is 5.69 Å². The Bertz CT molecular complexity index is 827. The second-order valence-electron chi connectivity index (χ2n) is 6.68. The summed E-state index contributed by atoms with van der Waals surface area (Å²) < 4.78 is 28.3. The topological polar surface area (TPSA) is 126 Å². The third-order valence-corrected chi connectivity index (χ3v) is 6.30. The number of hydrogen-bond donors (Lipinski definition) is 3. The van der Waals surface area contributed by atoms with E-state index in [2.05, 4.69) is 14.7 Å². The number of hydrogen-bond acceptors (Lipinski definition) is 7. The lowest BCUT2D eigenvalue weighted by atomic mass is 9.87. The molecule has 0 atom stereocenters. The van der Waals surface area contributed by atoms with Gasteiger partial charge in [0.15, 0.2) is 0 Å². The molecule has 0 unspecified atom stereocenters. The molecule has 1 heterocycles. The minimum absolute atomic E-state index is 0.144. The van der Waals surface area contributed by atoms with Crippen molar-refractivity contribution in [3.05, 3.63) is 24.3 Å². The number of para-hydroxylation sites is 1. The number of anilines is 1. The van der Waals surface area contributed by atoms with Gasteiger partial charge in [-0.3, -0.25) is 4.90 Å². The summed E-state index contributed by atoms with van der Waals surface area (Å²) in [5, 5.41) is 0. The third-order valence-electron chi connectivity index (χ3n) is 4.79. The zero-order valence-electron chi connectivity index (χ0n) is 15.0. The van der Waals surface area contributed by atoms with Crippen molar-refractivity contribution in [2.75, 3.05) is 11.4 Å². The van der Waals surface area contributed by atoms with Crippen LogP contribution >= 0.6 is 0 Å². The molecule has 1 aliphatic carbocycles. The average Bonchev–Trinajstić information content (AvgIpc) is 2.60. The molecular weight excluding hydrogens is 352 g/mol. The van der Waals surface area contributed by atoms with Crippen molar-refractivity contribution in [3.8, 4) is 0 Å². The van der Waals surface area contributed by atoms with E-state index >= 15 is 0 Å². The molecule has 5 N–H and O–H groups in total. The second-order valence-corrected chi connectivity index (χ2v) is 8.42. The molecule has 1 aromatic rings. The minimum atomic E-state index is -3.68. The van der Waals surface area contributed by atoms with Crippen molar-refractivity contribution >= 4 is 27.6 Å². The van der Waals surface area contributed by atoms with Crippen molar-refractivity contribution in [3.63, 3.8) is 0 Å². The molecule has 1 aromatic carbocycles. The molecule has 1 saturated carbocycles. The molecule has 9 heteroatoms. The van der Waals surface area contributed by atoms with E-state index in [-0.39, 0.29) is 16.8 Å². The molecule has 1 fully saturated rings. The van der Waals surface area contributed by atoms with Gasteiger partial charge < -0.3 is 11.5 Å². The van der Waals surface area contributed by atoms with Crippen LogP contribution in [0.2, 0.25) is 0 Å². The van der Waals surface area contributed by atoms with Crippen LogP contribution in [0, 0.1) is 0 Å². The second kappa shape index (κ2) is 7.24. The van der Waals surface area contributed by atoms with Gasteiger partial charge in [-0.1, -0.05) is 25.5 Å². The molecule has 0 saturated heterocycles. The molecule has 1 spiro atoms. The summed E-state index contributed by atoms with van der Waals surface area (Å²) in [6.45, 7) is 2.29. The number of nitrogens with one attached hydrogen (secondary N) is 1.